The molecule has 3 rings (SSSR count). The number of halogens is 2. The number of hydrogen-bond donors (Lipinski definition) is 0. The first-order valence-corrected chi connectivity index (χ1v) is 9.67. The Hall–Kier alpha value is -0.520. The molecule has 0 N–H and O–H groups in total. The summed E-state index contributed by atoms with van der Waals surface area (Å²) in [6.45, 7) is 2.87. The zero-order chi connectivity index (χ0) is 15.7. The van der Waals surface area contributed by atoms with Gasteiger partial charge in [-0.2, -0.15) is 0 Å². The monoisotopic (exact) mass is 538 g/mol. The molecule has 2 aromatic heterocycles. The van der Waals surface area contributed by atoms with Gasteiger partial charge >= 0.3 is 0 Å². The lowest BCUT2D eigenvalue weighted by molar-refractivity contribution is 0.0803. The van der Waals surface area contributed by atoms with Crippen LogP contribution in [0.3, 0.4) is 0 Å². The number of benzene rings is 1. The van der Waals surface area contributed by atoms with E-state index in [1.54, 1.807) is 11.3 Å². The third kappa shape index (κ3) is 2.95. The molecule has 0 fully saturated rings. The number of carbonyl (C=O) groups excluding carboxylic acids is 1. The summed E-state index contributed by atoms with van der Waals surface area (Å²) < 4.78 is 10.2. The van der Waals surface area contributed by atoms with Gasteiger partial charge in [-0.05, 0) is 58.2 Å². The summed E-state index contributed by atoms with van der Waals surface area (Å²) in [4.78, 5) is 17.4. The van der Waals surface area contributed by atoms with Gasteiger partial charge in [0.05, 0.1) is 0 Å². The number of carbonyl (C=O) groups is 1. The lowest BCUT2D eigenvalue weighted by Crippen LogP contribution is -2.14. The Labute approximate surface area is 159 Å². The fourth-order valence-electron chi connectivity index (χ4n) is 2.15. The van der Waals surface area contributed by atoms with E-state index >= 15 is 0 Å². The molecule has 0 atom stereocenters. The molecule has 3 aromatic rings. The van der Waals surface area contributed by atoms with Crippen LogP contribution >= 0.6 is 56.5 Å². The maximum absolute atomic E-state index is 12.9. The normalized spacial score (nSPS) is 11.2. The summed E-state index contributed by atoms with van der Waals surface area (Å²) in [6, 6.07) is 7.93. The highest BCUT2D eigenvalue weighted by Gasteiger charge is 2.23. The van der Waals surface area contributed by atoms with E-state index in [1.807, 2.05) is 41.1 Å². The van der Waals surface area contributed by atoms with Gasteiger partial charge in [-0.15, -0.1) is 11.3 Å². The van der Waals surface area contributed by atoms with E-state index in [4.69, 9.17) is 4.74 Å². The van der Waals surface area contributed by atoms with Crippen LogP contribution in [-0.4, -0.2) is 21.9 Å². The number of ether oxygens (including phenoxy) is 1. The van der Waals surface area contributed by atoms with Gasteiger partial charge in [0.1, 0.15) is 14.1 Å². The lowest BCUT2D eigenvalue weighted by Gasteiger charge is -2.08. The van der Waals surface area contributed by atoms with Crippen molar-refractivity contribution in [3.8, 4) is 0 Å². The molecule has 0 radical (unpaired) electrons. The number of rotatable bonds is 5. The number of ketones is 1. The number of imidazole rings is 1. The van der Waals surface area contributed by atoms with Gasteiger partial charge in [0, 0.05) is 27.6 Å². The summed E-state index contributed by atoms with van der Waals surface area (Å²) in [6.07, 6.45) is 0. The average Bonchev–Trinajstić information content (AvgIpc) is 3.07. The van der Waals surface area contributed by atoms with Crippen molar-refractivity contribution in [2.24, 2.45) is 0 Å². The number of hydrogen-bond acceptors (Lipinski definition) is 4. The second-order valence-electron chi connectivity index (χ2n) is 4.54. The van der Waals surface area contributed by atoms with Crippen LogP contribution in [0.5, 0.6) is 0 Å². The molecule has 0 spiro atoms. The molecule has 0 saturated heterocycles. The van der Waals surface area contributed by atoms with E-state index in [0.717, 1.165) is 17.5 Å². The number of nitrogens with zero attached hydrogens (tertiary/aromatic N) is 2. The van der Waals surface area contributed by atoms with Crippen molar-refractivity contribution in [3.63, 3.8) is 0 Å². The molecular formula is C15H12I2N2O2S. The minimum absolute atomic E-state index is 0.0574. The van der Waals surface area contributed by atoms with Crippen LogP contribution in [0.25, 0.3) is 10.1 Å². The topological polar surface area (TPSA) is 44.1 Å². The molecule has 7 heteroatoms. The quantitative estimate of drug-likeness (QED) is 0.355. The Morgan fingerprint density at radius 3 is 2.91 bits per heavy atom. The molecule has 114 valence electrons. The van der Waals surface area contributed by atoms with Crippen LogP contribution in [0.2, 0.25) is 0 Å². The Bertz CT molecular complexity index is 841. The van der Waals surface area contributed by atoms with E-state index < -0.39 is 0 Å². The number of aromatic nitrogens is 2. The molecule has 0 aliphatic rings. The molecule has 0 saturated carbocycles. The molecule has 0 aliphatic heterocycles. The highest BCUT2D eigenvalue weighted by atomic mass is 127. The molecule has 0 unspecified atom stereocenters. The smallest absolute Gasteiger partial charge is 0.230 e. The van der Waals surface area contributed by atoms with Gasteiger partial charge in [-0.25, -0.2) is 4.98 Å². The average molecular weight is 538 g/mol. The minimum Gasteiger partial charge on any atom is -0.361 e. The fourth-order valence-corrected chi connectivity index (χ4v) is 4.10. The summed E-state index contributed by atoms with van der Waals surface area (Å²) in [5.41, 5.74) is 0.705. The zero-order valence-corrected chi connectivity index (χ0v) is 16.8. The van der Waals surface area contributed by atoms with E-state index in [1.165, 1.54) is 0 Å². The SMILES string of the molecule is CCOCn1c(C(=O)c2csc3ccccc23)nc(I)c1I. The van der Waals surface area contributed by atoms with Crippen LogP contribution in [0.1, 0.15) is 23.1 Å². The van der Waals surface area contributed by atoms with Gasteiger partial charge in [-0.1, -0.05) is 18.2 Å². The van der Waals surface area contributed by atoms with Crippen molar-refractivity contribution in [1.29, 1.82) is 0 Å². The molecule has 22 heavy (non-hydrogen) atoms. The van der Waals surface area contributed by atoms with Crippen molar-refractivity contribution in [2.75, 3.05) is 6.61 Å². The van der Waals surface area contributed by atoms with Gasteiger partial charge < -0.3 is 4.74 Å². The molecule has 0 bridgehead atoms. The second-order valence-corrected chi connectivity index (χ2v) is 7.50. The molecule has 0 amide bonds. The number of thiophene rings is 1. The first kappa shape index (κ1) is 16.3. The Morgan fingerprint density at radius 1 is 1.36 bits per heavy atom. The van der Waals surface area contributed by atoms with Crippen LogP contribution in [-0.2, 0) is 11.5 Å². The fraction of sp³-hybridized carbons (Fsp3) is 0.200. The highest BCUT2D eigenvalue weighted by Crippen LogP contribution is 2.28. The first-order valence-electron chi connectivity index (χ1n) is 6.63. The summed E-state index contributed by atoms with van der Waals surface area (Å²) in [7, 11) is 0. The third-order valence-electron chi connectivity index (χ3n) is 3.22. The van der Waals surface area contributed by atoms with Crippen LogP contribution in [0, 0.1) is 7.40 Å². The van der Waals surface area contributed by atoms with Crippen molar-refractivity contribution in [2.45, 2.75) is 13.7 Å². The largest absolute Gasteiger partial charge is 0.361 e. The van der Waals surface area contributed by atoms with Crippen molar-refractivity contribution in [3.05, 3.63) is 48.4 Å². The maximum Gasteiger partial charge on any atom is 0.230 e. The van der Waals surface area contributed by atoms with E-state index in [-0.39, 0.29) is 5.78 Å². The highest BCUT2D eigenvalue weighted by molar-refractivity contribution is 14.1. The third-order valence-corrected chi connectivity index (χ3v) is 7.06. The molecule has 0 aliphatic carbocycles. The summed E-state index contributed by atoms with van der Waals surface area (Å²) >= 11 is 5.92. The first-order chi connectivity index (χ1) is 10.6. The van der Waals surface area contributed by atoms with Crippen molar-refractivity contribution >= 4 is 72.4 Å². The molecular weight excluding hydrogens is 526 g/mol. The van der Waals surface area contributed by atoms with Gasteiger partial charge in [-0.3, -0.25) is 9.36 Å². The Kier molecular flexibility index (Phi) is 5.15. The lowest BCUT2D eigenvalue weighted by atomic mass is 10.1. The molecule has 2 heterocycles. The van der Waals surface area contributed by atoms with E-state index in [0.29, 0.717) is 24.7 Å². The van der Waals surface area contributed by atoms with Crippen LogP contribution < -0.4 is 0 Å². The maximum atomic E-state index is 12.9. The van der Waals surface area contributed by atoms with Crippen molar-refractivity contribution < 1.29 is 9.53 Å². The molecule has 1 aromatic carbocycles. The standard InChI is InChI=1S/C15H12I2N2O2S/c1-2-21-8-19-14(17)13(16)18-15(19)12(20)10-7-22-11-6-4-3-5-9(10)11/h3-7H,2,8H2,1H3. The zero-order valence-electron chi connectivity index (χ0n) is 11.7. The Morgan fingerprint density at radius 2 is 2.14 bits per heavy atom. The summed E-state index contributed by atoms with van der Waals surface area (Å²) in [5.74, 6) is 0.379. The predicted octanol–water partition coefficient (Wildman–Crippen LogP) is 4.53. The molecule has 4 nitrogen and oxygen atoms in total. The van der Waals surface area contributed by atoms with Gasteiger partial charge in [0.25, 0.3) is 0 Å². The van der Waals surface area contributed by atoms with Gasteiger partial charge in [0.2, 0.25) is 5.78 Å². The summed E-state index contributed by atoms with van der Waals surface area (Å²) in [5, 5.41) is 2.89. The van der Waals surface area contributed by atoms with Crippen LogP contribution in [0.4, 0.5) is 0 Å². The second kappa shape index (κ2) is 6.93. The van der Waals surface area contributed by atoms with Crippen LogP contribution in [0.15, 0.2) is 29.6 Å². The number of fused-ring (bicyclic) bond motifs is 1. The van der Waals surface area contributed by atoms with Crippen molar-refractivity contribution in [1.82, 2.24) is 9.55 Å². The van der Waals surface area contributed by atoms with E-state index in [9.17, 15) is 4.79 Å². The predicted molar refractivity (Wildman–Crippen MR) is 105 cm³/mol. The van der Waals surface area contributed by atoms with Gasteiger partial charge in [0.15, 0.2) is 5.82 Å². The Balaban J connectivity index is 2.07. The minimum atomic E-state index is -0.0574. The van der Waals surface area contributed by atoms with E-state index in [2.05, 4.69) is 50.2 Å².